The van der Waals surface area contributed by atoms with Crippen molar-refractivity contribution in [3.8, 4) is 0 Å². The van der Waals surface area contributed by atoms with Crippen LogP contribution in [-0.4, -0.2) is 18.4 Å². The van der Waals surface area contributed by atoms with E-state index in [4.69, 9.17) is 4.74 Å². The van der Waals surface area contributed by atoms with Crippen LogP contribution in [0, 0.1) is 17.3 Å². The number of rotatable bonds is 5. The van der Waals surface area contributed by atoms with Gasteiger partial charge in [-0.15, -0.1) is 0 Å². The molecule has 1 aliphatic rings. The second-order valence-corrected chi connectivity index (χ2v) is 7.04. The zero-order valence-electron chi connectivity index (χ0n) is 12.8. The molecule has 0 aliphatic heterocycles. The average molecular weight is 268 g/mol. The summed E-state index contributed by atoms with van der Waals surface area (Å²) in [6.45, 7) is 8.12. The summed E-state index contributed by atoms with van der Waals surface area (Å²) < 4.78 is 5.29. The van der Waals surface area contributed by atoms with E-state index < -0.39 is 0 Å². The molecule has 0 aromatic carbocycles. The summed E-state index contributed by atoms with van der Waals surface area (Å²) in [5.41, 5.74) is -0.0216. The summed E-state index contributed by atoms with van der Waals surface area (Å²) in [6.07, 6.45) is 6.05. The molecule has 1 aliphatic carbocycles. The molecule has 0 aromatic rings. The lowest BCUT2D eigenvalue weighted by molar-refractivity contribution is -0.150. The van der Waals surface area contributed by atoms with Gasteiger partial charge >= 0.3 is 5.97 Å². The van der Waals surface area contributed by atoms with Crippen LogP contribution in [0.5, 0.6) is 0 Å². The number of carbonyl (C=O) groups is 2. The minimum Gasteiger partial charge on any atom is -0.465 e. The topological polar surface area (TPSA) is 43.4 Å². The Morgan fingerprint density at radius 3 is 2.21 bits per heavy atom. The number of Topliss-reactive ketones (excluding diaryl/α,β-unsaturated/α-hetero) is 1. The molecule has 1 fully saturated rings. The van der Waals surface area contributed by atoms with E-state index in [1.54, 1.807) is 6.92 Å². The van der Waals surface area contributed by atoms with E-state index in [0.29, 0.717) is 12.5 Å². The van der Waals surface area contributed by atoms with E-state index in [0.717, 1.165) is 12.8 Å². The third-order valence-electron chi connectivity index (χ3n) is 3.79. The monoisotopic (exact) mass is 268 g/mol. The Labute approximate surface area is 117 Å². The number of esters is 1. The molecule has 0 saturated heterocycles. The smallest absolute Gasteiger partial charge is 0.306 e. The third-order valence-corrected chi connectivity index (χ3v) is 3.79. The Hall–Kier alpha value is -0.860. The average Bonchev–Trinajstić information content (AvgIpc) is 2.33. The fourth-order valence-electron chi connectivity index (χ4n) is 2.71. The Balaban J connectivity index is 2.48. The summed E-state index contributed by atoms with van der Waals surface area (Å²) >= 11 is 0. The lowest BCUT2D eigenvalue weighted by Gasteiger charge is -2.28. The first-order valence-electron chi connectivity index (χ1n) is 7.45. The SMILES string of the molecule is CC(=O)[C@@H](CC(=O)OCC(C)(C)C)C1CCCCC1. The molecule has 19 heavy (non-hydrogen) atoms. The second kappa shape index (κ2) is 7.06. The van der Waals surface area contributed by atoms with E-state index in [2.05, 4.69) is 0 Å². The van der Waals surface area contributed by atoms with Gasteiger partial charge in [-0.2, -0.15) is 0 Å². The number of hydrogen-bond acceptors (Lipinski definition) is 3. The second-order valence-electron chi connectivity index (χ2n) is 7.04. The zero-order valence-corrected chi connectivity index (χ0v) is 12.8. The van der Waals surface area contributed by atoms with Crippen molar-refractivity contribution in [3.05, 3.63) is 0 Å². The standard InChI is InChI=1S/C16H28O3/c1-12(17)14(13-8-6-5-7-9-13)10-15(18)19-11-16(2,3)4/h13-14H,5-11H2,1-4H3/t14-/m1/s1. The molecule has 1 rings (SSSR count). The zero-order chi connectivity index (χ0) is 14.5. The third kappa shape index (κ3) is 6.22. The summed E-state index contributed by atoms with van der Waals surface area (Å²) in [6, 6.07) is 0. The van der Waals surface area contributed by atoms with E-state index in [1.165, 1.54) is 19.3 Å². The van der Waals surface area contributed by atoms with E-state index in [9.17, 15) is 9.59 Å². The van der Waals surface area contributed by atoms with Gasteiger partial charge in [-0.3, -0.25) is 9.59 Å². The van der Waals surface area contributed by atoms with Crippen molar-refractivity contribution in [1.29, 1.82) is 0 Å². The molecule has 0 unspecified atom stereocenters. The quantitative estimate of drug-likeness (QED) is 0.713. The normalized spacial score (nSPS) is 18.9. The van der Waals surface area contributed by atoms with Crippen LogP contribution in [0.25, 0.3) is 0 Å². The molecule has 3 nitrogen and oxygen atoms in total. The molecule has 1 atom stereocenters. The van der Waals surface area contributed by atoms with Gasteiger partial charge in [0.2, 0.25) is 0 Å². The molecular formula is C16H28O3. The number of hydrogen-bond donors (Lipinski definition) is 0. The minimum atomic E-state index is -0.222. The fraction of sp³-hybridized carbons (Fsp3) is 0.875. The van der Waals surface area contributed by atoms with Crippen molar-refractivity contribution < 1.29 is 14.3 Å². The molecule has 0 amide bonds. The Bertz CT molecular complexity index is 308. The van der Waals surface area contributed by atoms with Crippen molar-refractivity contribution in [3.63, 3.8) is 0 Å². The van der Waals surface area contributed by atoms with Crippen molar-refractivity contribution in [2.75, 3.05) is 6.61 Å². The highest BCUT2D eigenvalue weighted by Gasteiger charge is 2.30. The van der Waals surface area contributed by atoms with Crippen LogP contribution in [0.15, 0.2) is 0 Å². The minimum absolute atomic E-state index is 0.0216. The van der Waals surface area contributed by atoms with Gasteiger partial charge in [0.15, 0.2) is 0 Å². The van der Waals surface area contributed by atoms with Gasteiger partial charge in [-0.05, 0) is 31.1 Å². The maximum Gasteiger partial charge on any atom is 0.306 e. The number of ketones is 1. The first-order valence-corrected chi connectivity index (χ1v) is 7.45. The largest absolute Gasteiger partial charge is 0.465 e. The number of carbonyl (C=O) groups excluding carboxylic acids is 2. The summed E-state index contributed by atoms with van der Waals surface area (Å²) in [5.74, 6) is 0.168. The van der Waals surface area contributed by atoms with Crippen LogP contribution < -0.4 is 0 Å². The van der Waals surface area contributed by atoms with Crippen LogP contribution >= 0.6 is 0 Å². The first-order chi connectivity index (χ1) is 8.79. The molecule has 0 bridgehead atoms. The van der Waals surface area contributed by atoms with Gasteiger partial charge in [0.1, 0.15) is 5.78 Å². The molecule has 3 heteroatoms. The van der Waals surface area contributed by atoms with E-state index >= 15 is 0 Å². The van der Waals surface area contributed by atoms with Gasteiger partial charge in [0.05, 0.1) is 13.0 Å². The van der Waals surface area contributed by atoms with E-state index in [-0.39, 0.29) is 29.5 Å². The van der Waals surface area contributed by atoms with Crippen LogP contribution in [0.4, 0.5) is 0 Å². The van der Waals surface area contributed by atoms with Crippen LogP contribution in [0.3, 0.4) is 0 Å². The summed E-state index contributed by atoms with van der Waals surface area (Å²) in [7, 11) is 0. The molecule has 0 spiro atoms. The van der Waals surface area contributed by atoms with Crippen LogP contribution in [0.1, 0.15) is 66.2 Å². The lowest BCUT2D eigenvalue weighted by Crippen LogP contribution is -2.28. The predicted molar refractivity (Wildman–Crippen MR) is 75.8 cm³/mol. The molecule has 0 radical (unpaired) electrons. The maximum atomic E-state index is 11.9. The first kappa shape index (κ1) is 16.2. The molecule has 1 saturated carbocycles. The van der Waals surface area contributed by atoms with Gasteiger partial charge < -0.3 is 4.74 Å². The predicted octanol–water partition coefficient (Wildman–Crippen LogP) is 3.75. The van der Waals surface area contributed by atoms with Gasteiger partial charge in [-0.25, -0.2) is 0 Å². The molecule has 110 valence electrons. The van der Waals surface area contributed by atoms with Crippen molar-refractivity contribution >= 4 is 11.8 Å². The highest BCUT2D eigenvalue weighted by atomic mass is 16.5. The van der Waals surface area contributed by atoms with Crippen LogP contribution in [0.2, 0.25) is 0 Å². The highest BCUT2D eigenvalue weighted by Crippen LogP contribution is 2.32. The molecule has 0 aromatic heterocycles. The van der Waals surface area contributed by atoms with Gasteiger partial charge in [-0.1, -0.05) is 40.0 Å². The summed E-state index contributed by atoms with van der Waals surface area (Å²) in [4.78, 5) is 23.6. The van der Waals surface area contributed by atoms with Crippen molar-refractivity contribution in [2.45, 2.75) is 66.2 Å². The van der Waals surface area contributed by atoms with E-state index in [1.807, 2.05) is 20.8 Å². The molecule has 0 N–H and O–H groups in total. The van der Waals surface area contributed by atoms with Gasteiger partial charge in [0.25, 0.3) is 0 Å². The number of ether oxygens (including phenoxy) is 1. The molecular weight excluding hydrogens is 240 g/mol. The fourth-order valence-corrected chi connectivity index (χ4v) is 2.71. The van der Waals surface area contributed by atoms with Crippen LogP contribution in [-0.2, 0) is 14.3 Å². The Kier molecular flexibility index (Phi) is 6.02. The van der Waals surface area contributed by atoms with Crippen molar-refractivity contribution in [1.82, 2.24) is 0 Å². The molecule has 0 heterocycles. The Morgan fingerprint density at radius 2 is 1.74 bits per heavy atom. The van der Waals surface area contributed by atoms with Gasteiger partial charge in [0, 0.05) is 5.92 Å². The summed E-state index contributed by atoms with van der Waals surface area (Å²) in [5, 5.41) is 0. The Morgan fingerprint density at radius 1 is 1.16 bits per heavy atom. The maximum absolute atomic E-state index is 11.9. The lowest BCUT2D eigenvalue weighted by atomic mass is 9.77. The van der Waals surface area contributed by atoms with Crippen molar-refractivity contribution in [2.24, 2.45) is 17.3 Å². The highest BCUT2D eigenvalue weighted by molar-refractivity contribution is 5.83.